The first-order chi connectivity index (χ1) is 15.1. The summed E-state index contributed by atoms with van der Waals surface area (Å²) in [5, 5.41) is 6.41. The number of hydrogen-bond acceptors (Lipinski definition) is 5. The van der Waals surface area contributed by atoms with Crippen molar-refractivity contribution in [3.8, 4) is 22.9 Å². The third kappa shape index (κ3) is 6.02. The second-order valence-corrected chi connectivity index (χ2v) is 6.57. The molecule has 0 saturated carbocycles. The summed E-state index contributed by atoms with van der Waals surface area (Å²) < 4.78 is 32.2. The number of aromatic nitrogens is 2. The van der Waals surface area contributed by atoms with E-state index in [-0.39, 0.29) is 29.8 Å². The summed E-state index contributed by atoms with van der Waals surface area (Å²) in [4.78, 5) is 8.17. The van der Waals surface area contributed by atoms with E-state index in [9.17, 15) is 4.39 Å². The number of ether oxygens (including phenoxy) is 3. The number of rotatable bonds is 8. The lowest BCUT2D eigenvalue weighted by Gasteiger charge is -2.16. The van der Waals surface area contributed by atoms with Gasteiger partial charge < -0.3 is 29.4 Å². The molecule has 172 valence electrons. The zero-order valence-electron chi connectivity index (χ0n) is 18.4. The van der Waals surface area contributed by atoms with E-state index in [2.05, 4.69) is 20.6 Å². The first kappa shape index (κ1) is 25.2. The summed E-state index contributed by atoms with van der Waals surface area (Å²) in [5.74, 6) is 1.95. The van der Waals surface area contributed by atoms with Crippen molar-refractivity contribution in [1.82, 2.24) is 20.2 Å². The molecule has 2 N–H and O–H groups in total. The maximum absolute atomic E-state index is 14.4. The number of methoxy groups -OCH3 is 3. The molecular weight excluding hydrogens is 528 g/mol. The van der Waals surface area contributed by atoms with Gasteiger partial charge in [0, 0.05) is 32.5 Å². The summed E-state index contributed by atoms with van der Waals surface area (Å²) in [5.41, 5.74) is 2.16. The second kappa shape index (κ2) is 12.1. The van der Waals surface area contributed by atoms with E-state index in [0.29, 0.717) is 42.0 Å². The number of halogens is 2. The largest absolute Gasteiger partial charge is 0.493 e. The van der Waals surface area contributed by atoms with E-state index in [1.807, 2.05) is 18.2 Å². The van der Waals surface area contributed by atoms with Crippen molar-refractivity contribution in [2.45, 2.75) is 13.1 Å². The molecule has 3 aromatic rings. The van der Waals surface area contributed by atoms with Crippen molar-refractivity contribution >= 4 is 29.9 Å². The summed E-state index contributed by atoms with van der Waals surface area (Å²) >= 11 is 0. The Morgan fingerprint density at radius 1 is 1.00 bits per heavy atom. The molecule has 0 aliphatic carbocycles. The number of nitrogens with zero attached hydrogens (tertiary/aromatic N) is 3. The number of aliphatic imine (C=N–C) groups is 1. The molecule has 0 aliphatic rings. The molecule has 0 atom stereocenters. The van der Waals surface area contributed by atoms with E-state index >= 15 is 0 Å². The first-order valence-corrected chi connectivity index (χ1v) is 9.59. The van der Waals surface area contributed by atoms with Gasteiger partial charge in [0.2, 0.25) is 5.75 Å². The van der Waals surface area contributed by atoms with Crippen LogP contribution in [0.25, 0.3) is 5.69 Å². The normalized spacial score (nSPS) is 10.8. The van der Waals surface area contributed by atoms with Crippen molar-refractivity contribution < 1.29 is 18.6 Å². The van der Waals surface area contributed by atoms with E-state index in [1.54, 1.807) is 57.7 Å². The Hall–Kier alpha value is -3.02. The van der Waals surface area contributed by atoms with Crippen molar-refractivity contribution in [3.05, 3.63) is 66.0 Å². The minimum Gasteiger partial charge on any atom is -0.493 e. The van der Waals surface area contributed by atoms with Crippen molar-refractivity contribution in [3.63, 3.8) is 0 Å². The molecule has 0 unspecified atom stereocenters. The minimum atomic E-state index is -0.322. The van der Waals surface area contributed by atoms with Crippen LogP contribution < -0.4 is 24.8 Å². The summed E-state index contributed by atoms with van der Waals surface area (Å²) in [6, 6.07) is 8.81. The third-order valence-electron chi connectivity index (χ3n) is 4.66. The Labute approximate surface area is 203 Å². The summed E-state index contributed by atoms with van der Waals surface area (Å²) in [7, 11) is 6.39. The Bertz CT molecular complexity index is 1020. The molecule has 3 rings (SSSR count). The molecule has 0 saturated heterocycles. The van der Waals surface area contributed by atoms with Crippen LogP contribution in [0.2, 0.25) is 0 Å². The fourth-order valence-electron chi connectivity index (χ4n) is 3.10. The molecule has 1 heterocycles. The lowest BCUT2D eigenvalue weighted by atomic mass is 10.1. The monoisotopic (exact) mass is 555 g/mol. The van der Waals surface area contributed by atoms with Gasteiger partial charge in [-0.05, 0) is 35.4 Å². The average molecular weight is 555 g/mol. The molecule has 32 heavy (non-hydrogen) atoms. The van der Waals surface area contributed by atoms with Gasteiger partial charge in [-0.2, -0.15) is 0 Å². The molecule has 2 aromatic carbocycles. The Morgan fingerprint density at radius 3 is 2.16 bits per heavy atom. The number of benzene rings is 2. The predicted octanol–water partition coefficient (Wildman–Crippen LogP) is 3.52. The highest BCUT2D eigenvalue weighted by atomic mass is 127. The standard InChI is InChI=1S/C22H26FN5O3.HI/c1-24-22(27-13-16-10-19(29-2)21(31-4)20(11-16)30-3)26-12-15-5-6-18(17(23)9-15)28-8-7-25-14-28;/h5-11,14H,12-13H2,1-4H3,(H2,24,26,27);1H. The van der Waals surface area contributed by atoms with Gasteiger partial charge in [-0.1, -0.05) is 6.07 Å². The minimum absolute atomic E-state index is 0. The Morgan fingerprint density at radius 2 is 1.66 bits per heavy atom. The van der Waals surface area contributed by atoms with Crippen LogP contribution in [0.4, 0.5) is 4.39 Å². The average Bonchev–Trinajstić information content (AvgIpc) is 3.33. The first-order valence-electron chi connectivity index (χ1n) is 9.59. The van der Waals surface area contributed by atoms with Crippen LogP contribution in [0.1, 0.15) is 11.1 Å². The van der Waals surface area contributed by atoms with Gasteiger partial charge in [0.25, 0.3) is 0 Å². The Balaban J connectivity index is 0.00000363. The summed E-state index contributed by atoms with van der Waals surface area (Å²) in [6.45, 7) is 0.889. The van der Waals surface area contributed by atoms with Gasteiger partial charge in [0.1, 0.15) is 5.82 Å². The van der Waals surface area contributed by atoms with E-state index in [4.69, 9.17) is 14.2 Å². The maximum atomic E-state index is 14.4. The van der Waals surface area contributed by atoms with E-state index in [1.165, 1.54) is 6.07 Å². The fraction of sp³-hybridized carbons (Fsp3) is 0.273. The van der Waals surface area contributed by atoms with Crippen molar-refractivity contribution in [2.24, 2.45) is 4.99 Å². The number of imidazole rings is 1. The van der Waals surface area contributed by atoms with Gasteiger partial charge in [-0.15, -0.1) is 24.0 Å². The van der Waals surface area contributed by atoms with Crippen LogP contribution in [-0.4, -0.2) is 43.9 Å². The van der Waals surface area contributed by atoms with Crippen LogP contribution in [0.5, 0.6) is 17.2 Å². The van der Waals surface area contributed by atoms with E-state index < -0.39 is 0 Å². The highest BCUT2D eigenvalue weighted by molar-refractivity contribution is 14.0. The zero-order valence-corrected chi connectivity index (χ0v) is 20.7. The Kier molecular flexibility index (Phi) is 9.57. The molecule has 8 nitrogen and oxygen atoms in total. The van der Waals surface area contributed by atoms with E-state index in [0.717, 1.165) is 11.1 Å². The summed E-state index contributed by atoms with van der Waals surface area (Å²) in [6.07, 6.45) is 4.87. The lowest BCUT2D eigenvalue weighted by molar-refractivity contribution is 0.323. The molecule has 0 amide bonds. The van der Waals surface area contributed by atoms with Crippen molar-refractivity contribution in [1.29, 1.82) is 0 Å². The number of guanidine groups is 1. The third-order valence-corrected chi connectivity index (χ3v) is 4.66. The van der Waals surface area contributed by atoms with Crippen LogP contribution in [0.3, 0.4) is 0 Å². The fourth-order valence-corrected chi connectivity index (χ4v) is 3.10. The molecule has 0 spiro atoms. The second-order valence-electron chi connectivity index (χ2n) is 6.57. The van der Waals surface area contributed by atoms with Crippen LogP contribution >= 0.6 is 24.0 Å². The van der Waals surface area contributed by atoms with Gasteiger partial charge in [-0.3, -0.25) is 4.99 Å². The van der Waals surface area contributed by atoms with Crippen molar-refractivity contribution in [2.75, 3.05) is 28.4 Å². The maximum Gasteiger partial charge on any atom is 0.203 e. The van der Waals surface area contributed by atoms with Gasteiger partial charge in [0.05, 0.1) is 33.3 Å². The molecule has 10 heteroatoms. The number of nitrogens with one attached hydrogen (secondary N) is 2. The molecule has 0 aliphatic heterocycles. The highest BCUT2D eigenvalue weighted by Gasteiger charge is 2.13. The van der Waals surface area contributed by atoms with Gasteiger partial charge in [0.15, 0.2) is 17.5 Å². The molecule has 1 aromatic heterocycles. The smallest absolute Gasteiger partial charge is 0.203 e. The zero-order chi connectivity index (χ0) is 22.2. The molecule has 0 bridgehead atoms. The molecule has 0 radical (unpaired) electrons. The van der Waals surface area contributed by atoms with Crippen LogP contribution in [-0.2, 0) is 13.1 Å². The molecular formula is C22H27FIN5O3. The van der Waals surface area contributed by atoms with Crippen LogP contribution in [0, 0.1) is 5.82 Å². The quantitative estimate of drug-likeness (QED) is 0.252. The van der Waals surface area contributed by atoms with Gasteiger partial charge >= 0.3 is 0 Å². The van der Waals surface area contributed by atoms with Gasteiger partial charge in [-0.25, -0.2) is 9.37 Å². The van der Waals surface area contributed by atoms with Crippen LogP contribution in [0.15, 0.2) is 54.0 Å². The molecule has 0 fully saturated rings. The number of hydrogen-bond donors (Lipinski definition) is 2. The lowest BCUT2D eigenvalue weighted by Crippen LogP contribution is -2.36. The predicted molar refractivity (Wildman–Crippen MR) is 132 cm³/mol. The topological polar surface area (TPSA) is 81.9 Å². The SMILES string of the molecule is CN=C(NCc1ccc(-n2ccnc2)c(F)c1)NCc1cc(OC)c(OC)c(OC)c1.I. The highest BCUT2D eigenvalue weighted by Crippen LogP contribution is 2.38.